The van der Waals surface area contributed by atoms with Gasteiger partial charge in [0.05, 0.1) is 5.75 Å². The zero-order chi connectivity index (χ0) is 8.04. The van der Waals surface area contributed by atoms with Crippen molar-refractivity contribution < 1.29 is 44.0 Å². The molecule has 0 aliphatic heterocycles. The van der Waals surface area contributed by atoms with Crippen LogP contribution < -0.4 is 29.6 Å². The zero-order valence-electron chi connectivity index (χ0n) is 7.65. The van der Waals surface area contributed by atoms with Crippen LogP contribution >= 0.6 is 12.6 Å². The second-order valence-corrected chi connectivity index (χ2v) is 4.09. The molecule has 0 aliphatic rings. The Morgan fingerprint density at radius 1 is 1.27 bits per heavy atom. The summed E-state index contributed by atoms with van der Waals surface area (Å²) in [5.41, 5.74) is 0. The number of unbranched alkanes of at least 4 members (excludes halogenated alkanes) is 2. The molecule has 0 unspecified atom stereocenters. The average Bonchev–Trinajstić information content (AvgIpc) is 1.78. The number of hydrogen-bond donors (Lipinski definition) is 2. The summed E-state index contributed by atoms with van der Waals surface area (Å²) in [4.78, 5) is 0. The maximum atomic E-state index is 10.1. The molecule has 64 valence electrons. The van der Waals surface area contributed by atoms with Crippen molar-refractivity contribution in [2.75, 3.05) is 11.5 Å². The monoisotopic (exact) mass is 208 g/mol. The van der Waals surface area contributed by atoms with Gasteiger partial charge in [-0.1, -0.05) is 6.42 Å². The fraction of sp³-hybridized carbons (Fsp3) is 1.00. The van der Waals surface area contributed by atoms with Gasteiger partial charge < -0.3 is 1.43 Å². The molecule has 0 radical (unpaired) electrons. The molecule has 6 heteroatoms. The van der Waals surface area contributed by atoms with Gasteiger partial charge in [-0.2, -0.15) is 21.0 Å². The van der Waals surface area contributed by atoms with Gasteiger partial charge in [-0.25, -0.2) is 0 Å². The van der Waals surface area contributed by atoms with Gasteiger partial charge in [-0.05, 0) is 18.6 Å². The standard InChI is InChI=1S/C5H12O3S2.Na.H/c6-10(7,8)5-3-1-2-4-9;;/h9H,1-5H2,(H,6,7,8);;/q;+1;-1. The van der Waals surface area contributed by atoms with Crippen LogP contribution in [-0.2, 0) is 10.1 Å². The van der Waals surface area contributed by atoms with E-state index in [0.29, 0.717) is 6.42 Å². The molecule has 0 bridgehead atoms. The first-order valence-corrected chi connectivity index (χ1v) is 5.36. The molecule has 0 fully saturated rings. The Morgan fingerprint density at radius 3 is 2.18 bits per heavy atom. The summed E-state index contributed by atoms with van der Waals surface area (Å²) in [7, 11) is -3.73. The van der Waals surface area contributed by atoms with Gasteiger partial charge in [0.1, 0.15) is 0 Å². The first-order valence-electron chi connectivity index (χ1n) is 3.12. The van der Waals surface area contributed by atoms with E-state index in [-0.39, 0.29) is 36.7 Å². The number of rotatable bonds is 5. The maximum absolute atomic E-state index is 10.1. The second-order valence-electron chi connectivity index (χ2n) is 2.07. The topological polar surface area (TPSA) is 54.4 Å². The molecule has 1 N–H and O–H groups in total. The molecule has 0 spiro atoms. The van der Waals surface area contributed by atoms with Crippen LogP contribution in [0.25, 0.3) is 0 Å². The Hall–Kier alpha value is 1.26. The SMILES string of the molecule is O=S(=O)(O)CCCCCS.[H-].[Na+]. The van der Waals surface area contributed by atoms with Gasteiger partial charge >= 0.3 is 29.6 Å². The zero-order valence-corrected chi connectivity index (χ0v) is 10.4. The predicted molar refractivity (Wildman–Crippen MR) is 45.2 cm³/mol. The van der Waals surface area contributed by atoms with Crippen LogP contribution in [0.15, 0.2) is 0 Å². The summed E-state index contributed by atoms with van der Waals surface area (Å²) < 4.78 is 28.5. The van der Waals surface area contributed by atoms with Crippen molar-refractivity contribution in [2.45, 2.75) is 19.3 Å². The van der Waals surface area contributed by atoms with Crippen LogP contribution in [0.4, 0.5) is 0 Å². The van der Waals surface area contributed by atoms with E-state index < -0.39 is 10.1 Å². The Kier molecular flexibility index (Phi) is 10.6. The van der Waals surface area contributed by atoms with E-state index in [4.69, 9.17) is 4.55 Å². The quantitative estimate of drug-likeness (QED) is 0.240. The van der Waals surface area contributed by atoms with E-state index >= 15 is 0 Å². The largest absolute Gasteiger partial charge is 1.00 e. The molecule has 0 amide bonds. The minimum absolute atomic E-state index is 0. The van der Waals surface area contributed by atoms with Crippen LogP contribution in [0.3, 0.4) is 0 Å². The summed E-state index contributed by atoms with van der Waals surface area (Å²) in [5.74, 6) is 0.645. The minimum atomic E-state index is -3.73. The molecule has 0 aliphatic carbocycles. The molecule has 0 atom stereocenters. The third-order valence-electron chi connectivity index (χ3n) is 1.06. The number of thiol groups is 1. The molecule has 0 heterocycles. The van der Waals surface area contributed by atoms with E-state index in [0.717, 1.165) is 18.6 Å². The molecule has 0 aromatic heterocycles. The van der Waals surface area contributed by atoms with Crippen molar-refractivity contribution in [3.05, 3.63) is 0 Å². The Labute approximate surface area is 96.9 Å². The first kappa shape index (κ1) is 14.8. The molecular weight excluding hydrogens is 195 g/mol. The molecule has 0 saturated carbocycles. The normalized spacial score (nSPS) is 10.7. The van der Waals surface area contributed by atoms with Gasteiger partial charge in [0.15, 0.2) is 0 Å². The van der Waals surface area contributed by atoms with Crippen molar-refractivity contribution in [2.24, 2.45) is 0 Å². The Balaban J connectivity index is -0.000000405. The van der Waals surface area contributed by atoms with E-state index in [1.165, 1.54) is 0 Å². The Morgan fingerprint density at radius 2 is 1.82 bits per heavy atom. The molecule has 0 aromatic rings. The average molecular weight is 208 g/mol. The summed E-state index contributed by atoms with van der Waals surface area (Å²) >= 11 is 3.95. The van der Waals surface area contributed by atoms with E-state index in [2.05, 4.69) is 12.6 Å². The summed E-state index contributed by atoms with van der Waals surface area (Å²) in [6.45, 7) is 0. The molecular formula is C5H13NaO3S2. The summed E-state index contributed by atoms with van der Waals surface area (Å²) in [6, 6.07) is 0. The second kappa shape index (κ2) is 7.89. The van der Waals surface area contributed by atoms with Crippen LogP contribution in [0.5, 0.6) is 0 Å². The van der Waals surface area contributed by atoms with E-state index in [1.807, 2.05) is 0 Å². The molecule has 0 rings (SSSR count). The van der Waals surface area contributed by atoms with Crippen molar-refractivity contribution in [1.29, 1.82) is 0 Å². The number of hydrogen-bond acceptors (Lipinski definition) is 3. The van der Waals surface area contributed by atoms with Crippen LogP contribution in [0, 0.1) is 0 Å². The predicted octanol–water partition coefficient (Wildman–Crippen LogP) is -1.91. The van der Waals surface area contributed by atoms with Crippen molar-refractivity contribution >= 4 is 22.7 Å². The Bertz CT molecular complexity index is 172. The molecule has 3 nitrogen and oxygen atoms in total. The van der Waals surface area contributed by atoms with Crippen LogP contribution in [0.2, 0.25) is 0 Å². The fourth-order valence-electron chi connectivity index (χ4n) is 0.573. The third-order valence-corrected chi connectivity index (χ3v) is 2.18. The molecule has 11 heavy (non-hydrogen) atoms. The van der Waals surface area contributed by atoms with Gasteiger partial charge in [-0.15, -0.1) is 0 Å². The first-order chi connectivity index (χ1) is 4.56. The van der Waals surface area contributed by atoms with Gasteiger partial charge in [0.25, 0.3) is 10.1 Å². The van der Waals surface area contributed by atoms with Gasteiger partial charge in [0, 0.05) is 0 Å². The fourth-order valence-corrected chi connectivity index (χ4v) is 1.37. The van der Waals surface area contributed by atoms with Gasteiger partial charge in [0.2, 0.25) is 0 Å². The van der Waals surface area contributed by atoms with E-state index in [9.17, 15) is 8.42 Å². The van der Waals surface area contributed by atoms with Crippen molar-refractivity contribution in [3.8, 4) is 0 Å². The van der Waals surface area contributed by atoms with Crippen molar-refractivity contribution in [1.82, 2.24) is 0 Å². The summed E-state index contributed by atoms with van der Waals surface area (Å²) in [6.07, 6.45) is 2.24. The van der Waals surface area contributed by atoms with Gasteiger partial charge in [-0.3, -0.25) is 4.55 Å². The smallest absolute Gasteiger partial charge is 1.00 e. The van der Waals surface area contributed by atoms with Crippen molar-refractivity contribution in [3.63, 3.8) is 0 Å². The van der Waals surface area contributed by atoms with E-state index in [1.54, 1.807) is 0 Å². The maximum Gasteiger partial charge on any atom is 1.00 e. The minimum Gasteiger partial charge on any atom is -1.00 e. The third kappa shape index (κ3) is 14.2. The molecule has 0 saturated heterocycles. The van der Waals surface area contributed by atoms with Crippen LogP contribution in [-0.4, -0.2) is 24.5 Å². The van der Waals surface area contributed by atoms with Crippen LogP contribution in [0.1, 0.15) is 20.7 Å². The molecule has 0 aromatic carbocycles. The summed E-state index contributed by atoms with van der Waals surface area (Å²) in [5, 5.41) is 0.